The number of amides is 1. The number of thiophene rings is 1. The third-order valence-electron chi connectivity index (χ3n) is 5.31. The smallest absolute Gasteiger partial charge is 0.351 e. The van der Waals surface area contributed by atoms with Gasteiger partial charge in [-0.25, -0.2) is 0 Å². The number of piperidine rings is 1. The summed E-state index contributed by atoms with van der Waals surface area (Å²) < 4.78 is 43.2. The molecule has 1 fully saturated rings. The van der Waals surface area contributed by atoms with Crippen molar-refractivity contribution < 1.29 is 22.5 Å². The molecule has 0 aromatic carbocycles. The number of carbonyl (C=O) groups is 1. The number of aromatic nitrogens is 1. The van der Waals surface area contributed by atoms with Crippen LogP contribution in [-0.2, 0) is 6.18 Å². The number of nitrogens with one attached hydrogen (secondary N) is 1. The normalized spacial score (nSPS) is 19.1. The van der Waals surface area contributed by atoms with Crippen molar-refractivity contribution in [1.82, 2.24) is 15.4 Å². The highest BCUT2D eigenvalue weighted by Gasteiger charge is 2.39. The SMILES string of the molecule is CNC[C@H](C)C1CCCN(C(=O)c2ccc(-c3noc(C(F)(F)F)c3C)s2)C1. The van der Waals surface area contributed by atoms with E-state index >= 15 is 0 Å². The number of likely N-dealkylation sites (tertiary alicyclic amines) is 1. The van der Waals surface area contributed by atoms with Gasteiger partial charge in [0.25, 0.3) is 5.91 Å². The van der Waals surface area contributed by atoms with Crippen molar-refractivity contribution in [3.63, 3.8) is 0 Å². The Bertz CT molecular complexity index is 831. The van der Waals surface area contributed by atoms with E-state index in [1.54, 1.807) is 12.1 Å². The third kappa shape index (κ3) is 4.25. The van der Waals surface area contributed by atoms with Gasteiger partial charge in [-0.15, -0.1) is 11.3 Å². The molecule has 1 aliphatic rings. The van der Waals surface area contributed by atoms with Crippen LogP contribution in [0.25, 0.3) is 10.6 Å². The first-order valence-electron chi connectivity index (χ1n) is 9.30. The van der Waals surface area contributed by atoms with Crippen molar-refractivity contribution in [3.8, 4) is 10.6 Å². The summed E-state index contributed by atoms with van der Waals surface area (Å²) in [6.45, 7) is 5.83. The van der Waals surface area contributed by atoms with Crippen molar-refractivity contribution in [2.75, 3.05) is 26.7 Å². The second-order valence-corrected chi connectivity index (χ2v) is 8.42. The van der Waals surface area contributed by atoms with Crippen LogP contribution < -0.4 is 5.32 Å². The van der Waals surface area contributed by atoms with Gasteiger partial charge in [0, 0.05) is 18.7 Å². The summed E-state index contributed by atoms with van der Waals surface area (Å²) in [5.74, 6) is -0.259. The van der Waals surface area contributed by atoms with Gasteiger partial charge in [-0.1, -0.05) is 12.1 Å². The fourth-order valence-corrected chi connectivity index (χ4v) is 4.73. The fourth-order valence-electron chi connectivity index (χ4n) is 3.71. The molecule has 1 N–H and O–H groups in total. The molecule has 0 aliphatic carbocycles. The first-order valence-corrected chi connectivity index (χ1v) is 10.1. The van der Waals surface area contributed by atoms with Gasteiger partial charge < -0.3 is 14.7 Å². The second-order valence-electron chi connectivity index (χ2n) is 7.34. The zero-order valence-corrected chi connectivity index (χ0v) is 16.9. The largest absolute Gasteiger partial charge is 0.452 e. The molecule has 0 bridgehead atoms. The minimum absolute atomic E-state index is 0.0627. The molecule has 3 heterocycles. The molecule has 1 amide bonds. The first-order chi connectivity index (χ1) is 13.2. The molecule has 2 aromatic heterocycles. The Balaban J connectivity index is 1.75. The molecular formula is C19H24F3N3O2S. The van der Waals surface area contributed by atoms with Gasteiger partial charge in [-0.05, 0) is 57.3 Å². The molecule has 1 unspecified atom stereocenters. The summed E-state index contributed by atoms with van der Waals surface area (Å²) >= 11 is 1.15. The van der Waals surface area contributed by atoms with Gasteiger partial charge in [-0.2, -0.15) is 13.2 Å². The summed E-state index contributed by atoms with van der Waals surface area (Å²) in [6.07, 6.45) is -2.53. The van der Waals surface area contributed by atoms with Crippen LogP contribution in [0.3, 0.4) is 0 Å². The zero-order valence-electron chi connectivity index (χ0n) is 16.1. The Morgan fingerprint density at radius 3 is 2.86 bits per heavy atom. The van der Waals surface area contributed by atoms with Crippen molar-refractivity contribution in [2.24, 2.45) is 11.8 Å². The summed E-state index contributed by atoms with van der Waals surface area (Å²) in [7, 11) is 1.92. The predicted octanol–water partition coefficient (Wildman–Crippen LogP) is 4.44. The number of carbonyl (C=O) groups excluding carboxylic acids is 1. The number of rotatable bonds is 5. The molecule has 9 heteroatoms. The van der Waals surface area contributed by atoms with E-state index < -0.39 is 11.9 Å². The average Bonchev–Trinajstić information content (AvgIpc) is 3.27. The third-order valence-corrected chi connectivity index (χ3v) is 6.39. The number of halogens is 3. The average molecular weight is 415 g/mol. The summed E-state index contributed by atoms with van der Waals surface area (Å²) in [4.78, 5) is 15.8. The lowest BCUT2D eigenvalue weighted by molar-refractivity contribution is -0.156. The van der Waals surface area contributed by atoms with Crippen molar-refractivity contribution >= 4 is 17.2 Å². The van der Waals surface area contributed by atoms with Crippen LogP contribution in [0.2, 0.25) is 0 Å². The molecule has 3 rings (SSSR count). The van der Waals surface area contributed by atoms with E-state index in [-0.39, 0.29) is 17.2 Å². The lowest BCUT2D eigenvalue weighted by atomic mass is 9.86. The van der Waals surface area contributed by atoms with Crippen LogP contribution in [0, 0.1) is 18.8 Å². The lowest BCUT2D eigenvalue weighted by Crippen LogP contribution is -2.42. The first kappa shape index (κ1) is 20.9. The van der Waals surface area contributed by atoms with E-state index in [9.17, 15) is 18.0 Å². The Labute approximate surface area is 165 Å². The minimum atomic E-state index is -4.59. The Morgan fingerprint density at radius 2 is 2.21 bits per heavy atom. The highest BCUT2D eigenvalue weighted by Crippen LogP contribution is 2.38. The van der Waals surface area contributed by atoms with Crippen LogP contribution in [0.15, 0.2) is 16.7 Å². The predicted molar refractivity (Wildman–Crippen MR) is 101 cm³/mol. The van der Waals surface area contributed by atoms with E-state index in [4.69, 9.17) is 0 Å². The maximum absolute atomic E-state index is 12.9. The molecular weight excluding hydrogens is 391 g/mol. The van der Waals surface area contributed by atoms with Crippen LogP contribution in [0.5, 0.6) is 0 Å². The molecule has 2 aromatic rings. The maximum Gasteiger partial charge on any atom is 0.452 e. The highest BCUT2D eigenvalue weighted by molar-refractivity contribution is 7.17. The van der Waals surface area contributed by atoms with Crippen LogP contribution in [-0.4, -0.2) is 42.6 Å². The van der Waals surface area contributed by atoms with E-state index in [0.29, 0.717) is 34.7 Å². The van der Waals surface area contributed by atoms with Crippen molar-refractivity contribution in [3.05, 3.63) is 28.3 Å². The number of alkyl halides is 3. The monoisotopic (exact) mass is 415 g/mol. The van der Waals surface area contributed by atoms with E-state index in [0.717, 1.165) is 30.7 Å². The van der Waals surface area contributed by atoms with Crippen LogP contribution in [0.4, 0.5) is 13.2 Å². The summed E-state index contributed by atoms with van der Waals surface area (Å²) in [5, 5.41) is 6.76. The molecule has 2 atom stereocenters. The minimum Gasteiger partial charge on any atom is -0.351 e. The zero-order chi connectivity index (χ0) is 20.5. The summed E-state index contributed by atoms with van der Waals surface area (Å²) in [6, 6.07) is 3.29. The van der Waals surface area contributed by atoms with E-state index in [2.05, 4.69) is 21.9 Å². The van der Waals surface area contributed by atoms with Gasteiger partial charge in [0.15, 0.2) is 0 Å². The van der Waals surface area contributed by atoms with Gasteiger partial charge in [0.2, 0.25) is 5.76 Å². The molecule has 154 valence electrons. The molecule has 0 radical (unpaired) electrons. The molecule has 1 aliphatic heterocycles. The number of nitrogens with zero attached hydrogens (tertiary/aromatic N) is 2. The van der Waals surface area contributed by atoms with Gasteiger partial charge in [-0.3, -0.25) is 4.79 Å². The lowest BCUT2D eigenvalue weighted by Gasteiger charge is -2.35. The van der Waals surface area contributed by atoms with Gasteiger partial charge >= 0.3 is 6.18 Å². The van der Waals surface area contributed by atoms with Crippen LogP contribution in [0.1, 0.15) is 40.8 Å². The topological polar surface area (TPSA) is 58.4 Å². The number of hydrogen-bond acceptors (Lipinski definition) is 5. The standard InChI is InChI=1S/C19H24F3N3O2S/c1-11(9-23-3)13-5-4-8-25(10-13)18(26)15-7-6-14(28-15)16-12(2)17(27-24-16)19(20,21)22/h6-7,11,13,23H,4-5,8-10H2,1-3H3/t11-,13?/m0/s1. The Hall–Kier alpha value is -1.87. The Morgan fingerprint density at radius 1 is 1.46 bits per heavy atom. The van der Waals surface area contributed by atoms with Crippen molar-refractivity contribution in [1.29, 1.82) is 0 Å². The van der Waals surface area contributed by atoms with E-state index in [1.807, 2.05) is 11.9 Å². The maximum atomic E-state index is 12.9. The molecule has 1 saturated heterocycles. The van der Waals surface area contributed by atoms with Gasteiger partial charge in [0.1, 0.15) is 5.69 Å². The fraction of sp³-hybridized carbons (Fsp3) is 0.579. The van der Waals surface area contributed by atoms with E-state index in [1.165, 1.54) is 6.92 Å². The molecule has 28 heavy (non-hydrogen) atoms. The van der Waals surface area contributed by atoms with Crippen LogP contribution >= 0.6 is 11.3 Å². The second kappa shape index (κ2) is 8.24. The Kier molecular flexibility index (Phi) is 6.14. The molecule has 0 saturated carbocycles. The summed E-state index contributed by atoms with van der Waals surface area (Å²) in [5.41, 5.74) is 0.0721. The van der Waals surface area contributed by atoms with Gasteiger partial charge in [0.05, 0.1) is 9.75 Å². The highest BCUT2D eigenvalue weighted by atomic mass is 32.1. The quantitative estimate of drug-likeness (QED) is 0.785. The number of hydrogen-bond donors (Lipinski definition) is 1. The van der Waals surface area contributed by atoms with Crippen molar-refractivity contribution in [2.45, 2.75) is 32.9 Å². The molecule has 0 spiro atoms. The molecule has 5 nitrogen and oxygen atoms in total.